The number of nitrogens with zero attached hydrogens (tertiary/aromatic N) is 2. The molecule has 1 aliphatic rings. The van der Waals surface area contributed by atoms with Crippen LogP contribution in [0.5, 0.6) is 0 Å². The second kappa shape index (κ2) is 12.1. The molecule has 0 aromatic heterocycles. The summed E-state index contributed by atoms with van der Waals surface area (Å²) in [4.78, 5) is 14.9. The van der Waals surface area contributed by atoms with Crippen LogP contribution < -0.4 is 10.6 Å². The highest BCUT2D eigenvalue weighted by atomic mass is 127. The molecule has 0 spiro atoms. The van der Waals surface area contributed by atoms with Gasteiger partial charge in [-0.3, -0.25) is 15.1 Å². The lowest BCUT2D eigenvalue weighted by Gasteiger charge is -2.16. The van der Waals surface area contributed by atoms with Crippen LogP contribution in [0.4, 0.5) is 5.69 Å². The molecule has 0 unspecified atom stereocenters. The van der Waals surface area contributed by atoms with E-state index in [4.69, 9.17) is 0 Å². The van der Waals surface area contributed by atoms with Crippen LogP contribution in [0.3, 0.4) is 0 Å². The Labute approximate surface area is 167 Å². The lowest BCUT2D eigenvalue weighted by Crippen LogP contribution is -2.42. The average molecular weight is 460 g/mol. The molecule has 140 valence electrons. The van der Waals surface area contributed by atoms with Crippen molar-refractivity contribution in [3.05, 3.63) is 39.9 Å². The van der Waals surface area contributed by atoms with Gasteiger partial charge in [-0.05, 0) is 44.6 Å². The van der Waals surface area contributed by atoms with Crippen molar-refractivity contribution in [2.24, 2.45) is 4.99 Å². The predicted octanol–water partition coefficient (Wildman–Crippen LogP) is 4.03. The summed E-state index contributed by atoms with van der Waals surface area (Å²) >= 11 is 0. The molecule has 0 bridgehead atoms. The molecule has 0 heterocycles. The summed E-state index contributed by atoms with van der Waals surface area (Å²) in [6, 6.07) is 7.40. The Hall–Kier alpha value is -1.38. The zero-order chi connectivity index (χ0) is 17.2. The van der Waals surface area contributed by atoms with Crippen molar-refractivity contribution in [2.45, 2.75) is 57.9 Å². The van der Waals surface area contributed by atoms with E-state index >= 15 is 0 Å². The maximum absolute atomic E-state index is 10.6. The van der Waals surface area contributed by atoms with Crippen LogP contribution in [0.25, 0.3) is 0 Å². The number of aryl methyl sites for hydroxylation is 1. The molecular weight excluding hydrogens is 431 g/mol. The topological polar surface area (TPSA) is 79.6 Å². The molecule has 2 N–H and O–H groups in total. The fourth-order valence-corrected chi connectivity index (χ4v) is 3.00. The van der Waals surface area contributed by atoms with Crippen molar-refractivity contribution in [3.63, 3.8) is 0 Å². The molecule has 2 rings (SSSR count). The van der Waals surface area contributed by atoms with Crippen LogP contribution >= 0.6 is 24.0 Å². The van der Waals surface area contributed by atoms with Crippen molar-refractivity contribution < 1.29 is 4.92 Å². The number of benzene rings is 1. The van der Waals surface area contributed by atoms with E-state index in [0.717, 1.165) is 43.9 Å². The molecule has 1 aliphatic carbocycles. The molecule has 7 heteroatoms. The second-order valence-electron chi connectivity index (χ2n) is 6.27. The van der Waals surface area contributed by atoms with Gasteiger partial charge in [0.1, 0.15) is 0 Å². The highest BCUT2D eigenvalue weighted by Crippen LogP contribution is 2.17. The fourth-order valence-electron chi connectivity index (χ4n) is 3.00. The number of non-ortho nitro benzene ring substituents is 1. The van der Waals surface area contributed by atoms with Gasteiger partial charge in [-0.15, -0.1) is 24.0 Å². The summed E-state index contributed by atoms with van der Waals surface area (Å²) in [5.41, 5.74) is 1.29. The van der Waals surface area contributed by atoms with E-state index in [1.165, 1.54) is 25.7 Å². The third kappa shape index (κ3) is 8.02. The normalized spacial score (nSPS) is 14.8. The first-order valence-electron chi connectivity index (χ1n) is 8.97. The van der Waals surface area contributed by atoms with Crippen molar-refractivity contribution in [1.29, 1.82) is 0 Å². The Morgan fingerprint density at radius 3 is 2.52 bits per heavy atom. The monoisotopic (exact) mass is 460 g/mol. The minimum atomic E-state index is -0.363. The highest BCUT2D eigenvalue weighted by Gasteiger charge is 2.15. The zero-order valence-corrected chi connectivity index (χ0v) is 17.2. The van der Waals surface area contributed by atoms with Crippen LogP contribution in [-0.4, -0.2) is 30.0 Å². The lowest BCUT2D eigenvalue weighted by molar-refractivity contribution is -0.384. The second-order valence-corrected chi connectivity index (χ2v) is 6.27. The molecule has 6 nitrogen and oxygen atoms in total. The maximum Gasteiger partial charge on any atom is 0.269 e. The number of hydrogen-bond acceptors (Lipinski definition) is 3. The maximum atomic E-state index is 10.6. The molecule has 1 aromatic carbocycles. The minimum absolute atomic E-state index is 0. The van der Waals surface area contributed by atoms with E-state index < -0.39 is 0 Å². The molecule has 0 saturated heterocycles. The average Bonchev–Trinajstić information content (AvgIpc) is 3.08. The van der Waals surface area contributed by atoms with Crippen LogP contribution in [0.1, 0.15) is 51.0 Å². The minimum Gasteiger partial charge on any atom is -0.357 e. The van der Waals surface area contributed by atoms with Gasteiger partial charge in [-0.2, -0.15) is 0 Å². The third-order valence-electron chi connectivity index (χ3n) is 4.33. The van der Waals surface area contributed by atoms with Gasteiger partial charge < -0.3 is 10.6 Å². The van der Waals surface area contributed by atoms with Gasteiger partial charge in [-0.25, -0.2) is 0 Å². The van der Waals surface area contributed by atoms with E-state index in [1.54, 1.807) is 12.1 Å². The van der Waals surface area contributed by atoms with E-state index in [-0.39, 0.29) is 34.6 Å². The van der Waals surface area contributed by atoms with Crippen LogP contribution in [-0.2, 0) is 6.42 Å². The first-order valence-corrected chi connectivity index (χ1v) is 8.97. The Morgan fingerprint density at radius 1 is 1.24 bits per heavy atom. The predicted molar refractivity (Wildman–Crippen MR) is 113 cm³/mol. The number of unbranched alkanes of at least 4 members (excludes halogenated alkanes) is 1. The van der Waals surface area contributed by atoms with E-state index in [1.807, 2.05) is 12.1 Å². The Balaban J connectivity index is 0.00000312. The van der Waals surface area contributed by atoms with Gasteiger partial charge >= 0.3 is 0 Å². The number of nitrogens with one attached hydrogen (secondary N) is 2. The molecular formula is C18H29IN4O2. The summed E-state index contributed by atoms with van der Waals surface area (Å²) in [5, 5.41) is 17.5. The lowest BCUT2D eigenvalue weighted by atomic mass is 10.1. The van der Waals surface area contributed by atoms with Gasteiger partial charge in [0.15, 0.2) is 5.96 Å². The smallest absolute Gasteiger partial charge is 0.269 e. The molecule has 1 fully saturated rings. The number of hydrogen-bond donors (Lipinski definition) is 2. The quantitative estimate of drug-likeness (QED) is 0.153. The van der Waals surface area contributed by atoms with E-state index in [0.29, 0.717) is 6.04 Å². The van der Waals surface area contributed by atoms with Crippen molar-refractivity contribution in [2.75, 3.05) is 13.1 Å². The van der Waals surface area contributed by atoms with Gasteiger partial charge in [-0.1, -0.05) is 25.0 Å². The Bertz CT molecular complexity index is 543. The Kier molecular flexibility index (Phi) is 10.4. The molecule has 1 saturated carbocycles. The summed E-state index contributed by atoms with van der Waals surface area (Å²) in [7, 11) is 0. The molecule has 25 heavy (non-hydrogen) atoms. The summed E-state index contributed by atoms with van der Waals surface area (Å²) < 4.78 is 0. The van der Waals surface area contributed by atoms with Crippen molar-refractivity contribution >= 4 is 35.6 Å². The number of rotatable bonds is 8. The number of halogens is 1. The van der Waals surface area contributed by atoms with Crippen LogP contribution in [0.15, 0.2) is 29.3 Å². The van der Waals surface area contributed by atoms with Gasteiger partial charge in [0, 0.05) is 31.3 Å². The van der Waals surface area contributed by atoms with Crippen molar-refractivity contribution in [3.8, 4) is 0 Å². The van der Waals surface area contributed by atoms with E-state index in [9.17, 15) is 10.1 Å². The molecule has 1 aromatic rings. The number of nitro groups is 1. The molecule has 0 amide bonds. The van der Waals surface area contributed by atoms with Gasteiger partial charge in [0.2, 0.25) is 0 Å². The van der Waals surface area contributed by atoms with Gasteiger partial charge in [0.05, 0.1) is 4.92 Å². The molecule has 0 radical (unpaired) electrons. The standard InChI is InChI=1S/C18H28N4O2.HI/c1-2-19-18(21-16-8-3-4-9-16)20-14-6-5-7-15-10-12-17(13-11-15)22(23)24;/h10-13,16H,2-9,14H2,1H3,(H2,19,20,21);1H. The fraction of sp³-hybridized carbons (Fsp3) is 0.611. The first kappa shape index (κ1) is 21.7. The summed E-state index contributed by atoms with van der Waals surface area (Å²) in [5.74, 6) is 0.930. The summed E-state index contributed by atoms with van der Waals surface area (Å²) in [6.07, 6.45) is 8.08. The van der Waals surface area contributed by atoms with Crippen LogP contribution in [0.2, 0.25) is 0 Å². The van der Waals surface area contributed by atoms with Crippen molar-refractivity contribution in [1.82, 2.24) is 10.6 Å². The highest BCUT2D eigenvalue weighted by molar-refractivity contribution is 14.0. The zero-order valence-electron chi connectivity index (χ0n) is 14.9. The molecule has 0 atom stereocenters. The first-order chi connectivity index (χ1) is 11.7. The number of guanidine groups is 1. The molecule has 0 aliphatic heterocycles. The van der Waals surface area contributed by atoms with Crippen LogP contribution in [0, 0.1) is 10.1 Å². The number of aliphatic imine (C=N–C) groups is 1. The van der Waals surface area contributed by atoms with Gasteiger partial charge in [0.25, 0.3) is 5.69 Å². The third-order valence-corrected chi connectivity index (χ3v) is 4.33. The van der Waals surface area contributed by atoms with E-state index in [2.05, 4.69) is 22.5 Å². The SMILES string of the molecule is CCNC(=NCCCCc1ccc([N+](=O)[O-])cc1)NC1CCCC1.I. The largest absolute Gasteiger partial charge is 0.357 e. The Morgan fingerprint density at radius 2 is 1.92 bits per heavy atom. The summed E-state index contributed by atoms with van der Waals surface area (Å²) in [6.45, 7) is 3.76. The number of nitro benzene ring substituents is 1.